The standard InChI is InChI=1S/C20H28N2O3/c21-16-5-3-4-14(16)12-19(23)22-20(8-1-2-9-20)15-6-7-17-18(13-15)25-11-10-24-17/h6-7,13-14,16H,1-5,8-12,21H2,(H,22,23)/t14-,16+/m0/s1. The van der Waals surface area contributed by atoms with Crippen molar-refractivity contribution >= 4 is 5.91 Å². The van der Waals surface area contributed by atoms with Crippen LogP contribution < -0.4 is 20.5 Å². The fourth-order valence-electron chi connectivity index (χ4n) is 4.68. The number of amides is 1. The Morgan fingerprint density at radius 2 is 1.88 bits per heavy atom. The lowest BCUT2D eigenvalue weighted by Crippen LogP contribution is -2.45. The van der Waals surface area contributed by atoms with Crippen LogP contribution in [0.15, 0.2) is 18.2 Å². The van der Waals surface area contributed by atoms with Crippen LogP contribution in [0.4, 0.5) is 0 Å². The number of rotatable bonds is 4. The summed E-state index contributed by atoms with van der Waals surface area (Å²) in [7, 11) is 0. The van der Waals surface area contributed by atoms with E-state index in [1.807, 2.05) is 6.07 Å². The molecule has 0 bridgehead atoms. The quantitative estimate of drug-likeness (QED) is 0.881. The topological polar surface area (TPSA) is 73.6 Å². The maximum Gasteiger partial charge on any atom is 0.221 e. The van der Waals surface area contributed by atoms with Crippen molar-refractivity contribution in [2.45, 2.75) is 62.9 Å². The molecule has 1 heterocycles. The number of carbonyl (C=O) groups is 1. The largest absolute Gasteiger partial charge is 0.486 e. The van der Waals surface area contributed by atoms with Crippen molar-refractivity contribution in [2.24, 2.45) is 11.7 Å². The van der Waals surface area contributed by atoms with E-state index in [2.05, 4.69) is 17.4 Å². The number of benzene rings is 1. The third kappa shape index (κ3) is 3.34. The first-order valence-electron chi connectivity index (χ1n) is 9.63. The van der Waals surface area contributed by atoms with Gasteiger partial charge in [0, 0.05) is 12.5 Å². The average molecular weight is 344 g/mol. The smallest absolute Gasteiger partial charge is 0.221 e. The molecular weight excluding hydrogens is 316 g/mol. The second kappa shape index (κ2) is 6.87. The summed E-state index contributed by atoms with van der Waals surface area (Å²) < 4.78 is 11.4. The predicted octanol–water partition coefficient (Wildman–Crippen LogP) is 2.86. The van der Waals surface area contributed by atoms with E-state index in [0.717, 1.165) is 62.0 Å². The molecule has 1 aromatic rings. The summed E-state index contributed by atoms with van der Waals surface area (Å²) in [6, 6.07) is 6.30. The fourth-order valence-corrected chi connectivity index (χ4v) is 4.68. The van der Waals surface area contributed by atoms with E-state index in [9.17, 15) is 4.79 Å². The van der Waals surface area contributed by atoms with Crippen LogP contribution in [0.5, 0.6) is 11.5 Å². The lowest BCUT2D eigenvalue weighted by atomic mass is 9.87. The first kappa shape index (κ1) is 16.7. The molecule has 1 amide bonds. The molecule has 3 aliphatic rings. The van der Waals surface area contributed by atoms with Gasteiger partial charge in [0.2, 0.25) is 5.91 Å². The summed E-state index contributed by atoms with van der Waals surface area (Å²) in [6.07, 6.45) is 8.05. The van der Waals surface area contributed by atoms with Gasteiger partial charge in [-0.25, -0.2) is 0 Å². The van der Waals surface area contributed by atoms with Crippen LogP contribution in [0.1, 0.15) is 56.9 Å². The van der Waals surface area contributed by atoms with Gasteiger partial charge in [0.15, 0.2) is 11.5 Å². The van der Waals surface area contributed by atoms with Gasteiger partial charge in [-0.3, -0.25) is 4.79 Å². The highest BCUT2D eigenvalue weighted by atomic mass is 16.6. The highest BCUT2D eigenvalue weighted by Crippen LogP contribution is 2.42. The van der Waals surface area contributed by atoms with Crippen LogP contribution in [0, 0.1) is 5.92 Å². The maximum atomic E-state index is 12.7. The molecule has 2 saturated carbocycles. The van der Waals surface area contributed by atoms with Crippen molar-refractivity contribution in [1.29, 1.82) is 0 Å². The van der Waals surface area contributed by atoms with E-state index in [-0.39, 0.29) is 17.5 Å². The Hall–Kier alpha value is -1.75. The number of hydrogen-bond donors (Lipinski definition) is 2. The van der Waals surface area contributed by atoms with Gasteiger partial charge in [-0.05, 0) is 49.3 Å². The molecule has 5 nitrogen and oxygen atoms in total. The minimum atomic E-state index is -0.268. The van der Waals surface area contributed by atoms with E-state index >= 15 is 0 Å². The molecular formula is C20H28N2O3. The van der Waals surface area contributed by atoms with E-state index < -0.39 is 0 Å². The van der Waals surface area contributed by atoms with Crippen LogP contribution >= 0.6 is 0 Å². The average Bonchev–Trinajstić information content (AvgIpc) is 3.25. The molecule has 5 heteroatoms. The van der Waals surface area contributed by atoms with Gasteiger partial charge in [0.25, 0.3) is 0 Å². The molecule has 1 aromatic carbocycles. The van der Waals surface area contributed by atoms with Crippen molar-refractivity contribution in [2.75, 3.05) is 13.2 Å². The minimum absolute atomic E-state index is 0.138. The SMILES string of the molecule is N[C@@H]1CCC[C@H]1CC(=O)NC1(c2ccc3c(c2)OCCO3)CCCC1. The Balaban J connectivity index is 1.52. The second-order valence-electron chi connectivity index (χ2n) is 7.75. The highest BCUT2D eigenvalue weighted by Gasteiger charge is 2.38. The van der Waals surface area contributed by atoms with Gasteiger partial charge in [-0.1, -0.05) is 25.3 Å². The van der Waals surface area contributed by atoms with E-state index in [1.165, 1.54) is 0 Å². The maximum absolute atomic E-state index is 12.7. The summed E-state index contributed by atoms with van der Waals surface area (Å²) in [6.45, 7) is 1.17. The number of ether oxygens (including phenoxy) is 2. The van der Waals surface area contributed by atoms with Gasteiger partial charge in [0.1, 0.15) is 13.2 Å². The summed E-state index contributed by atoms with van der Waals surface area (Å²) >= 11 is 0. The van der Waals surface area contributed by atoms with Crippen molar-refractivity contribution < 1.29 is 14.3 Å². The van der Waals surface area contributed by atoms with Gasteiger partial charge < -0.3 is 20.5 Å². The van der Waals surface area contributed by atoms with Crippen molar-refractivity contribution in [3.63, 3.8) is 0 Å². The van der Waals surface area contributed by atoms with Crippen LogP contribution in [-0.4, -0.2) is 25.2 Å². The Bertz CT molecular complexity index is 640. The summed E-state index contributed by atoms with van der Waals surface area (Å²) in [4.78, 5) is 12.7. The van der Waals surface area contributed by atoms with E-state index in [1.54, 1.807) is 0 Å². The molecule has 1 aliphatic heterocycles. The third-order valence-corrected chi connectivity index (χ3v) is 6.10. The van der Waals surface area contributed by atoms with E-state index in [4.69, 9.17) is 15.2 Å². The fraction of sp³-hybridized carbons (Fsp3) is 0.650. The zero-order valence-electron chi connectivity index (χ0n) is 14.8. The summed E-state index contributed by atoms with van der Waals surface area (Å²) in [5.41, 5.74) is 7.01. The van der Waals surface area contributed by atoms with Crippen LogP contribution in [0.25, 0.3) is 0 Å². The van der Waals surface area contributed by atoms with Crippen LogP contribution in [-0.2, 0) is 10.3 Å². The van der Waals surface area contributed by atoms with Gasteiger partial charge in [-0.2, -0.15) is 0 Å². The molecule has 2 fully saturated rings. The summed E-state index contributed by atoms with van der Waals surface area (Å²) in [5.74, 6) is 2.06. The predicted molar refractivity (Wildman–Crippen MR) is 95.7 cm³/mol. The molecule has 136 valence electrons. The Labute approximate surface area is 149 Å². The number of nitrogens with two attached hydrogens (primary N) is 1. The van der Waals surface area contributed by atoms with Crippen LogP contribution in [0.2, 0.25) is 0 Å². The lowest BCUT2D eigenvalue weighted by Gasteiger charge is -2.33. The van der Waals surface area contributed by atoms with Crippen molar-refractivity contribution in [3.05, 3.63) is 23.8 Å². The zero-order chi connectivity index (χ0) is 17.3. The lowest BCUT2D eigenvalue weighted by molar-refractivity contribution is -0.124. The first-order valence-corrected chi connectivity index (χ1v) is 9.63. The Morgan fingerprint density at radius 1 is 1.12 bits per heavy atom. The molecule has 2 atom stereocenters. The molecule has 2 aliphatic carbocycles. The van der Waals surface area contributed by atoms with Gasteiger partial charge in [0.05, 0.1) is 5.54 Å². The minimum Gasteiger partial charge on any atom is -0.486 e. The van der Waals surface area contributed by atoms with Gasteiger partial charge in [-0.15, -0.1) is 0 Å². The zero-order valence-corrected chi connectivity index (χ0v) is 14.8. The highest BCUT2D eigenvalue weighted by molar-refractivity contribution is 5.77. The Kier molecular flexibility index (Phi) is 4.59. The van der Waals surface area contributed by atoms with E-state index in [0.29, 0.717) is 25.6 Å². The number of hydrogen-bond acceptors (Lipinski definition) is 4. The molecule has 4 rings (SSSR count). The van der Waals surface area contributed by atoms with Crippen LogP contribution in [0.3, 0.4) is 0 Å². The third-order valence-electron chi connectivity index (χ3n) is 6.10. The molecule has 0 spiro atoms. The molecule has 0 aromatic heterocycles. The summed E-state index contributed by atoms with van der Waals surface area (Å²) in [5, 5.41) is 3.37. The monoisotopic (exact) mass is 344 g/mol. The number of carbonyl (C=O) groups excluding carboxylic acids is 1. The molecule has 0 radical (unpaired) electrons. The molecule has 25 heavy (non-hydrogen) atoms. The molecule has 0 saturated heterocycles. The first-order chi connectivity index (χ1) is 12.2. The second-order valence-corrected chi connectivity index (χ2v) is 7.75. The van der Waals surface area contributed by atoms with Crippen molar-refractivity contribution in [3.8, 4) is 11.5 Å². The number of fused-ring (bicyclic) bond motifs is 1. The molecule has 0 unspecified atom stereocenters. The molecule has 3 N–H and O–H groups in total. The normalized spacial score (nSPS) is 27.2. The van der Waals surface area contributed by atoms with Crippen molar-refractivity contribution in [1.82, 2.24) is 5.32 Å². The van der Waals surface area contributed by atoms with Gasteiger partial charge >= 0.3 is 0 Å². The Morgan fingerprint density at radius 3 is 2.60 bits per heavy atom. The number of nitrogens with one attached hydrogen (secondary N) is 1.